The molecule has 2 aromatic carbocycles. The second kappa shape index (κ2) is 7.36. The van der Waals surface area contributed by atoms with Crippen molar-refractivity contribution in [3.05, 3.63) is 64.2 Å². The van der Waals surface area contributed by atoms with Crippen LogP contribution in [0.1, 0.15) is 41.5 Å². The van der Waals surface area contributed by atoms with E-state index in [1.165, 1.54) is 5.56 Å². The molecule has 1 N–H and O–H groups in total. The third kappa shape index (κ3) is 3.80. The van der Waals surface area contributed by atoms with Gasteiger partial charge in [0.2, 0.25) is 5.91 Å². The summed E-state index contributed by atoms with van der Waals surface area (Å²) in [5, 5.41) is 12.4. The Kier molecular flexibility index (Phi) is 5.00. The molecule has 2 aromatic rings. The molecule has 126 valence electrons. The van der Waals surface area contributed by atoms with Gasteiger partial charge in [-0.3, -0.25) is 4.79 Å². The molecule has 0 radical (unpaired) electrons. The van der Waals surface area contributed by atoms with E-state index in [1.54, 1.807) is 0 Å². The lowest BCUT2D eigenvalue weighted by atomic mass is 9.92. The number of benzene rings is 2. The minimum absolute atomic E-state index is 0.0103. The lowest BCUT2D eigenvalue weighted by Gasteiger charge is -2.12. The number of rotatable bonds is 2. The van der Waals surface area contributed by atoms with Gasteiger partial charge in [-0.15, -0.1) is 0 Å². The number of nitriles is 1. The van der Waals surface area contributed by atoms with Crippen molar-refractivity contribution >= 4 is 12.0 Å². The lowest BCUT2D eigenvalue weighted by molar-refractivity contribution is -0.117. The predicted octanol–water partition coefficient (Wildman–Crippen LogP) is 4.53. The van der Waals surface area contributed by atoms with Gasteiger partial charge in [-0.1, -0.05) is 29.8 Å². The van der Waals surface area contributed by atoms with Crippen molar-refractivity contribution < 1.29 is 4.79 Å². The van der Waals surface area contributed by atoms with Crippen LogP contribution in [0.3, 0.4) is 0 Å². The Morgan fingerprint density at radius 3 is 2.60 bits per heavy atom. The summed E-state index contributed by atoms with van der Waals surface area (Å²) in [6, 6.07) is 14.3. The molecule has 3 nitrogen and oxygen atoms in total. The van der Waals surface area contributed by atoms with Gasteiger partial charge < -0.3 is 5.32 Å². The quantitative estimate of drug-likeness (QED) is 0.823. The monoisotopic (exact) mass is 330 g/mol. The second-order valence-electron chi connectivity index (χ2n) is 6.60. The molecule has 0 aromatic heterocycles. The molecule has 25 heavy (non-hydrogen) atoms. The highest BCUT2D eigenvalue weighted by atomic mass is 16.1. The van der Waals surface area contributed by atoms with E-state index in [-0.39, 0.29) is 5.91 Å². The minimum atomic E-state index is 0.0103. The Labute approximate surface area is 149 Å². The fraction of sp³-hybridized carbons (Fsp3) is 0.273. The third-order valence-corrected chi connectivity index (χ3v) is 4.72. The summed E-state index contributed by atoms with van der Waals surface area (Å²) in [5.41, 5.74) is 6.78. The van der Waals surface area contributed by atoms with E-state index in [1.807, 2.05) is 18.2 Å². The first kappa shape index (κ1) is 17.0. The molecule has 0 unspecified atom stereocenters. The summed E-state index contributed by atoms with van der Waals surface area (Å²) in [7, 11) is 0. The SMILES string of the molecule is Cc1ccc(-c2cc(C#N)cc(/C=C3\CCCCNC3=O)c2C)cc1. The van der Waals surface area contributed by atoms with Gasteiger partial charge >= 0.3 is 0 Å². The predicted molar refractivity (Wildman–Crippen MR) is 101 cm³/mol. The zero-order valence-corrected chi connectivity index (χ0v) is 14.7. The number of amides is 1. The molecular weight excluding hydrogens is 308 g/mol. The largest absolute Gasteiger partial charge is 0.352 e. The third-order valence-electron chi connectivity index (χ3n) is 4.72. The topological polar surface area (TPSA) is 52.9 Å². The van der Waals surface area contributed by atoms with E-state index in [2.05, 4.69) is 49.5 Å². The number of hydrogen-bond donors (Lipinski definition) is 1. The van der Waals surface area contributed by atoms with Crippen LogP contribution in [0, 0.1) is 25.2 Å². The normalized spacial score (nSPS) is 16.2. The fourth-order valence-corrected chi connectivity index (χ4v) is 3.18. The Balaban J connectivity index is 2.11. The van der Waals surface area contributed by atoms with Crippen LogP contribution in [0.2, 0.25) is 0 Å². The van der Waals surface area contributed by atoms with Crippen LogP contribution in [-0.2, 0) is 4.79 Å². The molecule has 0 saturated carbocycles. The molecule has 1 heterocycles. The Hall–Kier alpha value is -2.86. The smallest absolute Gasteiger partial charge is 0.247 e. The highest BCUT2D eigenvalue weighted by Gasteiger charge is 2.15. The zero-order valence-electron chi connectivity index (χ0n) is 14.7. The van der Waals surface area contributed by atoms with Crippen molar-refractivity contribution in [1.82, 2.24) is 5.32 Å². The summed E-state index contributed by atoms with van der Waals surface area (Å²) in [5.74, 6) is 0.0103. The molecule has 1 fully saturated rings. The maximum absolute atomic E-state index is 12.2. The first-order chi connectivity index (χ1) is 12.1. The van der Waals surface area contributed by atoms with Crippen LogP contribution in [0.25, 0.3) is 17.2 Å². The molecule has 1 saturated heterocycles. The van der Waals surface area contributed by atoms with Gasteiger partial charge in [-0.05, 0) is 73.6 Å². The Morgan fingerprint density at radius 2 is 1.88 bits per heavy atom. The van der Waals surface area contributed by atoms with E-state index in [0.717, 1.165) is 53.6 Å². The molecule has 0 bridgehead atoms. The van der Waals surface area contributed by atoms with Crippen LogP contribution in [0.5, 0.6) is 0 Å². The average Bonchev–Trinajstić information content (AvgIpc) is 2.82. The molecule has 0 spiro atoms. The van der Waals surface area contributed by atoms with Crippen LogP contribution in [0.4, 0.5) is 0 Å². The van der Waals surface area contributed by atoms with Crippen molar-refractivity contribution in [2.24, 2.45) is 0 Å². The van der Waals surface area contributed by atoms with E-state index in [0.29, 0.717) is 5.56 Å². The first-order valence-electron chi connectivity index (χ1n) is 8.69. The summed E-state index contributed by atoms with van der Waals surface area (Å²) >= 11 is 0. The number of nitrogens with zero attached hydrogens (tertiary/aromatic N) is 1. The van der Waals surface area contributed by atoms with Crippen LogP contribution in [0.15, 0.2) is 42.0 Å². The van der Waals surface area contributed by atoms with E-state index in [4.69, 9.17) is 0 Å². The number of nitrogens with one attached hydrogen (secondary N) is 1. The Morgan fingerprint density at radius 1 is 1.12 bits per heavy atom. The van der Waals surface area contributed by atoms with E-state index >= 15 is 0 Å². The van der Waals surface area contributed by atoms with Crippen molar-refractivity contribution in [3.8, 4) is 17.2 Å². The molecule has 1 aliphatic rings. The van der Waals surface area contributed by atoms with Gasteiger partial charge in [0.15, 0.2) is 0 Å². The average molecular weight is 330 g/mol. The second-order valence-corrected chi connectivity index (χ2v) is 6.60. The molecule has 1 amide bonds. The van der Waals surface area contributed by atoms with Gasteiger partial charge in [0.1, 0.15) is 0 Å². The van der Waals surface area contributed by atoms with Crippen molar-refractivity contribution in [1.29, 1.82) is 5.26 Å². The number of carbonyl (C=O) groups is 1. The highest BCUT2D eigenvalue weighted by molar-refractivity contribution is 5.98. The molecule has 0 atom stereocenters. The Bertz CT molecular complexity index is 870. The summed E-state index contributed by atoms with van der Waals surface area (Å²) in [6.45, 7) is 4.85. The zero-order chi connectivity index (χ0) is 17.8. The maximum atomic E-state index is 12.2. The number of hydrogen-bond acceptors (Lipinski definition) is 2. The first-order valence-corrected chi connectivity index (χ1v) is 8.69. The number of aryl methyl sites for hydroxylation is 1. The molecule has 1 aliphatic heterocycles. The van der Waals surface area contributed by atoms with Gasteiger partial charge in [0.25, 0.3) is 0 Å². The molecule has 3 heteroatoms. The van der Waals surface area contributed by atoms with Crippen molar-refractivity contribution in [2.75, 3.05) is 6.54 Å². The summed E-state index contributed by atoms with van der Waals surface area (Å²) in [6.07, 6.45) is 4.75. The minimum Gasteiger partial charge on any atom is -0.352 e. The van der Waals surface area contributed by atoms with E-state index < -0.39 is 0 Å². The molecular formula is C22H22N2O. The van der Waals surface area contributed by atoms with E-state index in [9.17, 15) is 10.1 Å². The summed E-state index contributed by atoms with van der Waals surface area (Å²) < 4.78 is 0. The standard InChI is InChI=1S/C22H22N2O/c1-15-6-8-18(9-7-15)21-12-17(14-23)11-20(16(21)2)13-19-5-3-4-10-24-22(19)25/h6-9,11-13H,3-5,10H2,1-2H3,(H,24,25)/b19-13+. The highest BCUT2D eigenvalue weighted by Crippen LogP contribution is 2.29. The van der Waals surface area contributed by atoms with Gasteiger partial charge in [0.05, 0.1) is 11.6 Å². The van der Waals surface area contributed by atoms with Gasteiger partial charge in [0, 0.05) is 12.1 Å². The van der Waals surface area contributed by atoms with Crippen molar-refractivity contribution in [3.63, 3.8) is 0 Å². The van der Waals surface area contributed by atoms with Crippen LogP contribution in [-0.4, -0.2) is 12.5 Å². The molecule has 3 rings (SSSR count). The van der Waals surface area contributed by atoms with Gasteiger partial charge in [-0.2, -0.15) is 5.26 Å². The lowest BCUT2D eigenvalue weighted by Crippen LogP contribution is -2.23. The molecule has 0 aliphatic carbocycles. The van der Waals surface area contributed by atoms with Crippen LogP contribution < -0.4 is 5.32 Å². The maximum Gasteiger partial charge on any atom is 0.247 e. The van der Waals surface area contributed by atoms with Crippen LogP contribution >= 0.6 is 0 Å². The van der Waals surface area contributed by atoms with Crippen molar-refractivity contribution in [2.45, 2.75) is 33.1 Å². The van der Waals surface area contributed by atoms with Gasteiger partial charge in [-0.25, -0.2) is 0 Å². The number of carbonyl (C=O) groups excluding carboxylic acids is 1. The fourth-order valence-electron chi connectivity index (χ4n) is 3.18. The summed E-state index contributed by atoms with van der Waals surface area (Å²) in [4.78, 5) is 12.2.